The summed E-state index contributed by atoms with van der Waals surface area (Å²) in [5, 5.41) is 3.32. The smallest absolute Gasteiger partial charge is 0.0406 e. The third-order valence-corrected chi connectivity index (χ3v) is 4.71. The largest absolute Gasteiger partial charge is 0.0843 e. The minimum atomic E-state index is 0.765. The van der Waals surface area contributed by atoms with E-state index in [4.69, 9.17) is 11.6 Å². The summed E-state index contributed by atoms with van der Waals surface area (Å²) in [5.74, 6) is 0. The molecular formula is C23H17Cl. The molecule has 0 saturated carbocycles. The maximum absolute atomic E-state index is 6.06. The molecule has 0 bridgehead atoms. The van der Waals surface area contributed by atoms with E-state index in [-0.39, 0.29) is 0 Å². The van der Waals surface area contributed by atoms with Gasteiger partial charge in [0, 0.05) is 5.02 Å². The average Bonchev–Trinajstić information content (AvgIpc) is 2.63. The van der Waals surface area contributed by atoms with Gasteiger partial charge in [-0.1, -0.05) is 84.4 Å². The van der Waals surface area contributed by atoms with Crippen molar-refractivity contribution in [3.63, 3.8) is 0 Å². The van der Waals surface area contributed by atoms with Gasteiger partial charge in [-0.05, 0) is 57.6 Å². The summed E-state index contributed by atoms with van der Waals surface area (Å²) in [5.41, 5.74) is 6.28. The Labute approximate surface area is 147 Å². The molecule has 0 atom stereocenters. The number of hydrogen-bond acceptors (Lipinski definition) is 0. The fraction of sp³-hybridized carbons (Fsp3) is 0.0435. The Hall–Kier alpha value is -2.57. The Bertz CT molecular complexity index is 999. The van der Waals surface area contributed by atoms with Crippen molar-refractivity contribution in [2.75, 3.05) is 0 Å². The summed E-state index contributed by atoms with van der Waals surface area (Å²) < 4.78 is 0. The van der Waals surface area contributed by atoms with Crippen LogP contribution in [0, 0.1) is 6.92 Å². The zero-order valence-corrected chi connectivity index (χ0v) is 14.2. The van der Waals surface area contributed by atoms with Crippen LogP contribution in [0.25, 0.3) is 33.0 Å². The van der Waals surface area contributed by atoms with Crippen LogP contribution in [0.2, 0.25) is 5.02 Å². The predicted molar refractivity (Wildman–Crippen MR) is 105 cm³/mol. The molecule has 4 rings (SSSR count). The van der Waals surface area contributed by atoms with Crippen molar-refractivity contribution in [3.05, 3.63) is 95.5 Å². The summed E-state index contributed by atoms with van der Waals surface area (Å²) >= 11 is 6.06. The van der Waals surface area contributed by atoms with Crippen LogP contribution in [-0.4, -0.2) is 0 Å². The minimum absolute atomic E-state index is 0.765. The number of rotatable bonds is 2. The van der Waals surface area contributed by atoms with Gasteiger partial charge in [0.2, 0.25) is 0 Å². The number of halogens is 1. The van der Waals surface area contributed by atoms with Crippen molar-refractivity contribution >= 4 is 22.4 Å². The second kappa shape index (κ2) is 6.14. The van der Waals surface area contributed by atoms with E-state index in [2.05, 4.69) is 79.7 Å². The molecule has 0 N–H and O–H groups in total. The van der Waals surface area contributed by atoms with E-state index >= 15 is 0 Å². The lowest BCUT2D eigenvalue weighted by Crippen LogP contribution is -1.90. The lowest BCUT2D eigenvalue weighted by atomic mass is 9.89. The van der Waals surface area contributed by atoms with E-state index in [9.17, 15) is 0 Å². The lowest BCUT2D eigenvalue weighted by Gasteiger charge is -2.15. The van der Waals surface area contributed by atoms with Crippen LogP contribution in [0.5, 0.6) is 0 Å². The summed E-state index contributed by atoms with van der Waals surface area (Å²) in [6.45, 7) is 2.18. The predicted octanol–water partition coefficient (Wildman–Crippen LogP) is 7.14. The van der Waals surface area contributed by atoms with E-state index < -0.39 is 0 Å². The van der Waals surface area contributed by atoms with Crippen LogP contribution in [0.3, 0.4) is 0 Å². The van der Waals surface area contributed by atoms with Gasteiger partial charge in [-0.15, -0.1) is 0 Å². The number of benzene rings is 4. The van der Waals surface area contributed by atoms with Crippen LogP contribution in [0.15, 0.2) is 84.9 Å². The lowest BCUT2D eigenvalue weighted by molar-refractivity contribution is 1.48. The molecule has 0 amide bonds. The molecule has 0 saturated heterocycles. The average molecular weight is 329 g/mol. The molecule has 0 aliphatic carbocycles. The van der Waals surface area contributed by atoms with Crippen molar-refractivity contribution in [2.24, 2.45) is 0 Å². The second-order valence-corrected chi connectivity index (χ2v) is 6.47. The van der Waals surface area contributed by atoms with E-state index in [0.29, 0.717) is 0 Å². The highest BCUT2D eigenvalue weighted by atomic mass is 35.5. The molecule has 4 aromatic carbocycles. The zero-order valence-electron chi connectivity index (χ0n) is 13.5. The maximum Gasteiger partial charge on any atom is 0.0406 e. The molecule has 0 radical (unpaired) electrons. The second-order valence-electron chi connectivity index (χ2n) is 6.03. The van der Waals surface area contributed by atoms with Gasteiger partial charge in [-0.2, -0.15) is 0 Å². The van der Waals surface area contributed by atoms with Gasteiger partial charge in [-0.3, -0.25) is 0 Å². The minimum Gasteiger partial charge on any atom is -0.0843 e. The van der Waals surface area contributed by atoms with Crippen LogP contribution in [-0.2, 0) is 0 Å². The first-order chi connectivity index (χ1) is 11.7. The van der Waals surface area contributed by atoms with Gasteiger partial charge < -0.3 is 0 Å². The molecule has 0 heterocycles. The van der Waals surface area contributed by atoms with Crippen molar-refractivity contribution in [3.8, 4) is 22.3 Å². The summed E-state index contributed by atoms with van der Waals surface area (Å²) in [6, 6.07) is 29.6. The van der Waals surface area contributed by atoms with Crippen LogP contribution < -0.4 is 0 Å². The normalized spacial score (nSPS) is 10.9. The highest BCUT2D eigenvalue weighted by molar-refractivity contribution is 6.30. The molecule has 24 heavy (non-hydrogen) atoms. The third-order valence-electron chi connectivity index (χ3n) is 4.46. The molecule has 1 heteroatoms. The van der Waals surface area contributed by atoms with Gasteiger partial charge in [-0.25, -0.2) is 0 Å². The van der Waals surface area contributed by atoms with Crippen LogP contribution in [0.1, 0.15) is 5.56 Å². The first kappa shape index (κ1) is 15.0. The van der Waals surface area contributed by atoms with Gasteiger partial charge >= 0.3 is 0 Å². The number of aryl methyl sites for hydroxylation is 1. The van der Waals surface area contributed by atoms with E-state index in [1.54, 1.807) is 0 Å². The van der Waals surface area contributed by atoms with Crippen molar-refractivity contribution in [1.29, 1.82) is 0 Å². The molecule has 116 valence electrons. The Balaban J connectivity index is 2.04. The van der Waals surface area contributed by atoms with Crippen molar-refractivity contribution in [2.45, 2.75) is 6.92 Å². The standard InChI is InChI=1S/C23H17Cl/c1-16-15-22(17-7-3-2-4-8-17)20-9-5-6-10-21(20)23(16)18-11-13-19(24)14-12-18/h2-15H,1H3. The number of hydrogen-bond donors (Lipinski definition) is 0. The van der Waals surface area contributed by atoms with Crippen LogP contribution >= 0.6 is 11.6 Å². The van der Waals surface area contributed by atoms with Gasteiger partial charge in [0.25, 0.3) is 0 Å². The topological polar surface area (TPSA) is 0 Å². The fourth-order valence-corrected chi connectivity index (χ4v) is 3.50. The molecule has 0 aliphatic heterocycles. The van der Waals surface area contributed by atoms with Crippen molar-refractivity contribution in [1.82, 2.24) is 0 Å². The highest BCUT2D eigenvalue weighted by Gasteiger charge is 2.12. The molecule has 0 aliphatic rings. The Morgan fingerprint density at radius 1 is 0.625 bits per heavy atom. The zero-order chi connectivity index (χ0) is 16.5. The summed E-state index contributed by atoms with van der Waals surface area (Å²) in [7, 11) is 0. The Morgan fingerprint density at radius 3 is 1.96 bits per heavy atom. The van der Waals surface area contributed by atoms with Crippen molar-refractivity contribution < 1.29 is 0 Å². The molecule has 4 aromatic rings. The third kappa shape index (κ3) is 2.60. The van der Waals surface area contributed by atoms with Gasteiger partial charge in [0.1, 0.15) is 0 Å². The Kier molecular flexibility index (Phi) is 3.84. The summed E-state index contributed by atoms with van der Waals surface area (Å²) in [6.07, 6.45) is 0. The quantitative estimate of drug-likeness (QED) is 0.367. The van der Waals surface area contributed by atoms with Gasteiger partial charge in [0.05, 0.1) is 0 Å². The molecule has 0 unspecified atom stereocenters. The van der Waals surface area contributed by atoms with Crippen LogP contribution in [0.4, 0.5) is 0 Å². The Morgan fingerprint density at radius 2 is 1.25 bits per heavy atom. The first-order valence-corrected chi connectivity index (χ1v) is 8.45. The highest BCUT2D eigenvalue weighted by Crippen LogP contribution is 2.38. The molecule has 0 fully saturated rings. The number of fused-ring (bicyclic) bond motifs is 1. The van der Waals surface area contributed by atoms with E-state index in [1.807, 2.05) is 12.1 Å². The summed E-state index contributed by atoms with van der Waals surface area (Å²) in [4.78, 5) is 0. The van der Waals surface area contributed by atoms with Gasteiger partial charge in [0.15, 0.2) is 0 Å². The SMILES string of the molecule is Cc1cc(-c2ccccc2)c2ccccc2c1-c1ccc(Cl)cc1. The fourth-order valence-electron chi connectivity index (χ4n) is 3.37. The van der Waals surface area contributed by atoms with E-state index in [1.165, 1.54) is 38.6 Å². The monoisotopic (exact) mass is 328 g/mol. The molecule has 0 spiro atoms. The molecule has 0 aromatic heterocycles. The molecular weight excluding hydrogens is 312 g/mol. The molecule has 0 nitrogen and oxygen atoms in total. The first-order valence-electron chi connectivity index (χ1n) is 8.08. The van der Waals surface area contributed by atoms with E-state index in [0.717, 1.165) is 5.02 Å². The maximum atomic E-state index is 6.06.